The van der Waals surface area contributed by atoms with Crippen molar-refractivity contribution in [2.45, 2.75) is 38.6 Å². The van der Waals surface area contributed by atoms with Crippen molar-refractivity contribution in [2.75, 3.05) is 38.5 Å². The SMILES string of the molecule is CC(=O)Nc1sc2c(c1C(c1cccc(F)c1)N1CCN(C)CC1)CCCC2. The van der Waals surface area contributed by atoms with E-state index in [2.05, 4.69) is 22.2 Å². The summed E-state index contributed by atoms with van der Waals surface area (Å²) in [7, 11) is 2.14. The maximum absolute atomic E-state index is 14.2. The van der Waals surface area contributed by atoms with Crippen LogP contribution in [-0.4, -0.2) is 48.9 Å². The van der Waals surface area contributed by atoms with Crippen molar-refractivity contribution in [1.82, 2.24) is 9.80 Å². The number of hydrogen-bond acceptors (Lipinski definition) is 4. The Kier molecular flexibility index (Phi) is 5.80. The number of benzene rings is 1. The van der Waals surface area contributed by atoms with Gasteiger partial charge in [-0.25, -0.2) is 4.39 Å². The van der Waals surface area contributed by atoms with E-state index in [4.69, 9.17) is 0 Å². The van der Waals surface area contributed by atoms with Crippen molar-refractivity contribution in [2.24, 2.45) is 0 Å². The zero-order chi connectivity index (χ0) is 19.7. The molecule has 150 valence electrons. The highest BCUT2D eigenvalue weighted by Gasteiger charge is 2.33. The molecule has 4 rings (SSSR count). The summed E-state index contributed by atoms with van der Waals surface area (Å²) in [5.74, 6) is -0.252. The molecule has 1 atom stereocenters. The Hall–Kier alpha value is -1.76. The van der Waals surface area contributed by atoms with Gasteiger partial charge in [0.15, 0.2) is 0 Å². The monoisotopic (exact) mass is 401 g/mol. The highest BCUT2D eigenvalue weighted by molar-refractivity contribution is 7.16. The van der Waals surface area contributed by atoms with Gasteiger partial charge in [-0.1, -0.05) is 12.1 Å². The standard InChI is InChI=1S/C22H28FN3OS/c1-15(27)24-22-20(18-8-3-4-9-19(18)28-22)21(16-6-5-7-17(23)14-16)26-12-10-25(2)11-13-26/h5-7,14,21H,3-4,8-13H2,1-2H3,(H,24,27). The zero-order valence-corrected chi connectivity index (χ0v) is 17.4. The van der Waals surface area contributed by atoms with Gasteiger partial charge < -0.3 is 10.2 Å². The number of nitrogens with zero attached hydrogens (tertiary/aromatic N) is 2. The first kappa shape index (κ1) is 19.6. The maximum atomic E-state index is 14.2. The van der Waals surface area contributed by atoms with Gasteiger partial charge in [-0.2, -0.15) is 0 Å². The summed E-state index contributed by atoms with van der Waals surface area (Å²) in [6.07, 6.45) is 4.49. The maximum Gasteiger partial charge on any atom is 0.221 e. The summed E-state index contributed by atoms with van der Waals surface area (Å²) < 4.78 is 14.2. The Morgan fingerprint density at radius 2 is 1.93 bits per heavy atom. The van der Waals surface area contributed by atoms with Gasteiger partial charge in [0.2, 0.25) is 5.91 Å². The average Bonchev–Trinajstić information content (AvgIpc) is 3.01. The molecule has 0 spiro atoms. The number of nitrogens with one attached hydrogen (secondary N) is 1. The molecule has 1 unspecified atom stereocenters. The number of hydrogen-bond donors (Lipinski definition) is 1. The van der Waals surface area contributed by atoms with Crippen LogP contribution < -0.4 is 5.32 Å². The molecule has 28 heavy (non-hydrogen) atoms. The number of aryl methyl sites for hydroxylation is 1. The van der Waals surface area contributed by atoms with E-state index in [1.807, 2.05) is 6.07 Å². The van der Waals surface area contributed by atoms with Crippen LogP contribution in [-0.2, 0) is 17.6 Å². The molecule has 4 nitrogen and oxygen atoms in total. The molecule has 6 heteroatoms. The van der Waals surface area contributed by atoms with Crippen LogP contribution in [0.25, 0.3) is 0 Å². The molecule has 2 aromatic rings. The molecule has 1 aliphatic heterocycles. The summed E-state index contributed by atoms with van der Waals surface area (Å²) in [6.45, 7) is 5.42. The van der Waals surface area contributed by atoms with E-state index in [-0.39, 0.29) is 17.8 Å². The Balaban J connectivity index is 1.84. The lowest BCUT2D eigenvalue weighted by Crippen LogP contribution is -2.46. The first-order valence-corrected chi connectivity index (χ1v) is 10.9. The minimum Gasteiger partial charge on any atom is -0.318 e. The minimum absolute atomic E-state index is 0.0238. The van der Waals surface area contributed by atoms with Gasteiger partial charge in [-0.05, 0) is 56.0 Å². The van der Waals surface area contributed by atoms with E-state index in [0.717, 1.165) is 49.6 Å². The molecule has 1 N–H and O–H groups in total. The summed E-state index contributed by atoms with van der Waals surface area (Å²) in [6, 6.07) is 6.96. The van der Waals surface area contributed by atoms with E-state index in [9.17, 15) is 9.18 Å². The van der Waals surface area contributed by atoms with Crippen LogP contribution >= 0.6 is 11.3 Å². The fraction of sp³-hybridized carbons (Fsp3) is 0.500. The number of piperazine rings is 1. The summed E-state index contributed by atoms with van der Waals surface area (Å²) in [5, 5.41) is 4.04. The van der Waals surface area contributed by atoms with Gasteiger partial charge in [0.1, 0.15) is 10.8 Å². The third-order valence-corrected chi connectivity index (χ3v) is 7.07. The average molecular weight is 402 g/mol. The first-order chi connectivity index (χ1) is 13.5. The number of rotatable bonds is 4. The second-order valence-corrected chi connectivity index (χ2v) is 9.04. The Morgan fingerprint density at radius 1 is 1.18 bits per heavy atom. The third kappa shape index (κ3) is 4.00. The molecule has 1 aliphatic carbocycles. The number of carbonyl (C=O) groups excluding carboxylic acids is 1. The quantitative estimate of drug-likeness (QED) is 0.839. The zero-order valence-electron chi connectivity index (χ0n) is 16.6. The van der Waals surface area contributed by atoms with Crippen LogP contribution in [0.3, 0.4) is 0 Å². The van der Waals surface area contributed by atoms with Crippen LogP contribution in [0, 0.1) is 5.82 Å². The topological polar surface area (TPSA) is 35.6 Å². The summed E-state index contributed by atoms with van der Waals surface area (Å²) in [5.41, 5.74) is 3.56. The molecule has 0 bridgehead atoms. The van der Waals surface area contributed by atoms with Crippen molar-refractivity contribution < 1.29 is 9.18 Å². The van der Waals surface area contributed by atoms with Crippen LogP contribution in [0.1, 0.15) is 47.4 Å². The molecule has 1 saturated heterocycles. The van der Waals surface area contributed by atoms with Crippen molar-refractivity contribution in [3.63, 3.8) is 0 Å². The molecular weight excluding hydrogens is 373 g/mol. The lowest BCUT2D eigenvalue weighted by atomic mass is 9.88. The highest BCUT2D eigenvalue weighted by atomic mass is 32.1. The first-order valence-electron chi connectivity index (χ1n) is 10.1. The number of anilines is 1. The van der Waals surface area contributed by atoms with Crippen molar-refractivity contribution in [1.29, 1.82) is 0 Å². The van der Waals surface area contributed by atoms with Crippen LogP contribution in [0.2, 0.25) is 0 Å². The molecular formula is C22H28FN3OS. The Bertz CT molecular complexity index is 857. The predicted octanol–water partition coefficient (Wildman–Crippen LogP) is 4.06. The number of fused-ring (bicyclic) bond motifs is 1. The Labute approximate surface area is 170 Å². The molecule has 1 fully saturated rings. The van der Waals surface area contributed by atoms with Gasteiger partial charge in [0.05, 0.1) is 6.04 Å². The van der Waals surface area contributed by atoms with Crippen molar-refractivity contribution in [3.8, 4) is 0 Å². The molecule has 2 heterocycles. The number of likely N-dealkylation sites (N-methyl/N-ethyl adjacent to an activating group) is 1. The fourth-order valence-corrected chi connectivity index (χ4v) is 5.82. The van der Waals surface area contributed by atoms with E-state index in [1.54, 1.807) is 30.4 Å². The lowest BCUT2D eigenvalue weighted by Gasteiger charge is -2.39. The predicted molar refractivity (Wildman–Crippen MR) is 113 cm³/mol. The largest absolute Gasteiger partial charge is 0.318 e. The van der Waals surface area contributed by atoms with Gasteiger partial charge >= 0.3 is 0 Å². The number of amides is 1. The number of thiophene rings is 1. The summed E-state index contributed by atoms with van der Waals surface area (Å²) in [4.78, 5) is 18.1. The van der Waals surface area contributed by atoms with Gasteiger partial charge in [0.25, 0.3) is 0 Å². The van der Waals surface area contributed by atoms with Gasteiger partial charge in [-0.3, -0.25) is 9.69 Å². The van der Waals surface area contributed by atoms with Gasteiger partial charge in [-0.15, -0.1) is 11.3 Å². The van der Waals surface area contributed by atoms with E-state index in [1.165, 1.54) is 34.9 Å². The molecule has 2 aliphatic rings. The van der Waals surface area contributed by atoms with E-state index < -0.39 is 0 Å². The van der Waals surface area contributed by atoms with Gasteiger partial charge in [0, 0.05) is 43.5 Å². The number of halogens is 1. The Morgan fingerprint density at radius 3 is 2.64 bits per heavy atom. The minimum atomic E-state index is -0.207. The van der Waals surface area contributed by atoms with Crippen LogP contribution in [0.15, 0.2) is 24.3 Å². The molecule has 1 aromatic carbocycles. The molecule has 0 saturated carbocycles. The number of carbonyl (C=O) groups is 1. The lowest BCUT2D eigenvalue weighted by molar-refractivity contribution is -0.114. The third-order valence-electron chi connectivity index (χ3n) is 5.84. The van der Waals surface area contributed by atoms with Crippen LogP contribution in [0.4, 0.5) is 9.39 Å². The second-order valence-electron chi connectivity index (χ2n) is 7.93. The normalized spacial score (nSPS) is 19.2. The van der Waals surface area contributed by atoms with Crippen LogP contribution in [0.5, 0.6) is 0 Å². The summed E-state index contributed by atoms with van der Waals surface area (Å²) >= 11 is 1.72. The molecule has 0 radical (unpaired) electrons. The second kappa shape index (κ2) is 8.31. The van der Waals surface area contributed by atoms with E-state index >= 15 is 0 Å². The molecule has 1 amide bonds. The fourth-order valence-electron chi connectivity index (χ4n) is 4.45. The van der Waals surface area contributed by atoms with Crippen molar-refractivity contribution in [3.05, 3.63) is 51.7 Å². The highest BCUT2D eigenvalue weighted by Crippen LogP contribution is 2.45. The van der Waals surface area contributed by atoms with E-state index in [0.29, 0.717) is 0 Å². The molecule has 1 aromatic heterocycles. The smallest absolute Gasteiger partial charge is 0.221 e. The van der Waals surface area contributed by atoms with Crippen molar-refractivity contribution >= 4 is 22.2 Å².